The van der Waals surface area contributed by atoms with Gasteiger partial charge in [-0.3, -0.25) is 4.79 Å². The van der Waals surface area contributed by atoms with Gasteiger partial charge in [0, 0.05) is 6.54 Å². The molecule has 1 amide bonds. The molecule has 4 atom stereocenters. The van der Waals surface area contributed by atoms with Gasteiger partial charge in [-0.2, -0.15) is 0 Å². The highest BCUT2D eigenvalue weighted by atomic mass is 16.7. The maximum atomic E-state index is 11.6. The molecule has 1 saturated heterocycles. The number of carbonyl (C=O) groups excluding carboxylic acids is 1. The van der Waals surface area contributed by atoms with Crippen LogP contribution in [0.1, 0.15) is 20.8 Å². The number of aliphatic hydroxyl groups excluding tert-OH is 2. The second-order valence-electron chi connectivity index (χ2n) is 4.56. The van der Waals surface area contributed by atoms with Crippen molar-refractivity contribution in [3.05, 3.63) is 0 Å². The zero-order valence-electron chi connectivity index (χ0n) is 9.67. The molecule has 1 aliphatic heterocycles. The van der Waals surface area contributed by atoms with Crippen molar-refractivity contribution in [3.8, 4) is 0 Å². The van der Waals surface area contributed by atoms with Crippen LogP contribution in [0.5, 0.6) is 0 Å². The molecule has 94 valence electrons. The van der Waals surface area contributed by atoms with Gasteiger partial charge < -0.3 is 25.4 Å². The van der Waals surface area contributed by atoms with Crippen LogP contribution >= 0.6 is 0 Å². The molecule has 0 aliphatic carbocycles. The first-order valence-corrected chi connectivity index (χ1v) is 5.33. The molecule has 16 heavy (non-hydrogen) atoms. The van der Waals surface area contributed by atoms with E-state index in [0.29, 0.717) is 6.54 Å². The summed E-state index contributed by atoms with van der Waals surface area (Å²) in [6, 6.07) is 0. The van der Waals surface area contributed by atoms with E-state index in [9.17, 15) is 20.1 Å². The summed E-state index contributed by atoms with van der Waals surface area (Å²) in [4.78, 5) is 11.6. The van der Waals surface area contributed by atoms with E-state index < -0.39 is 30.0 Å². The average molecular weight is 233 g/mol. The van der Waals surface area contributed by atoms with E-state index in [1.165, 1.54) is 6.92 Å². The highest BCUT2D eigenvalue weighted by Gasteiger charge is 2.56. The average Bonchev–Trinajstić information content (AvgIpc) is 2.40. The summed E-state index contributed by atoms with van der Waals surface area (Å²) < 4.78 is 4.91. The molecular formula is C10H19NO5. The molecule has 1 aliphatic rings. The van der Waals surface area contributed by atoms with E-state index in [2.05, 4.69) is 5.32 Å². The molecule has 0 saturated carbocycles. The Morgan fingerprint density at radius 2 is 2.06 bits per heavy atom. The molecule has 0 aromatic carbocycles. The maximum absolute atomic E-state index is 11.6. The summed E-state index contributed by atoms with van der Waals surface area (Å²) in [5.41, 5.74) is 0. The molecule has 1 heterocycles. The summed E-state index contributed by atoms with van der Waals surface area (Å²) in [6.45, 7) is 5.63. The van der Waals surface area contributed by atoms with Gasteiger partial charge >= 0.3 is 0 Å². The lowest BCUT2D eigenvalue weighted by atomic mass is 10.0. The Balaban J connectivity index is 2.67. The Bertz CT molecular complexity index is 270. The van der Waals surface area contributed by atoms with Gasteiger partial charge in [0.25, 0.3) is 11.7 Å². The fraction of sp³-hybridized carbons (Fsp3) is 0.900. The first kappa shape index (κ1) is 13.4. The number of nitrogens with one attached hydrogen (secondary N) is 1. The van der Waals surface area contributed by atoms with Crippen LogP contribution in [0.3, 0.4) is 0 Å². The fourth-order valence-corrected chi connectivity index (χ4v) is 1.52. The first-order valence-electron chi connectivity index (χ1n) is 5.33. The van der Waals surface area contributed by atoms with E-state index in [1.807, 2.05) is 13.8 Å². The van der Waals surface area contributed by atoms with E-state index in [4.69, 9.17) is 4.74 Å². The fourth-order valence-electron chi connectivity index (χ4n) is 1.52. The van der Waals surface area contributed by atoms with Crippen LogP contribution in [0.15, 0.2) is 0 Å². The second-order valence-corrected chi connectivity index (χ2v) is 4.56. The Labute approximate surface area is 94.2 Å². The predicted octanol–water partition coefficient (Wildman–Crippen LogP) is -1.41. The van der Waals surface area contributed by atoms with Gasteiger partial charge in [-0.1, -0.05) is 13.8 Å². The minimum Gasteiger partial charge on any atom is -0.387 e. The second kappa shape index (κ2) is 4.67. The van der Waals surface area contributed by atoms with E-state index in [-0.39, 0.29) is 5.92 Å². The van der Waals surface area contributed by atoms with Gasteiger partial charge in [0.05, 0.1) is 6.10 Å². The Hall–Kier alpha value is -0.690. The van der Waals surface area contributed by atoms with Crippen LogP contribution in [-0.2, 0) is 9.53 Å². The van der Waals surface area contributed by atoms with Crippen molar-refractivity contribution in [2.24, 2.45) is 5.92 Å². The third-order valence-electron chi connectivity index (χ3n) is 2.57. The van der Waals surface area contributed by atoms with Crippen LogP contribution < -0.4 is 5.32 Å². The van der Waals surface area contributed by atoms with Gasteiger partial charge in [-0.15, -0.1) is 0 Å². The molecule has 0 unspecified atom stereocenters. The summed E-state index contributed by atoms with van der Waals surface area (Å²) in [7, 11) is 0. The number of ether oxygens (including phenoxy) is 1. The maximum Gasteiger partial charge on any atom is 0.283 e. The molecule has 1 rings (SSSR count). The van der Waals surface area contributed by atoms with Gasteiger partial charge in [0.2, 0.25) is 0 Å². The molecule has 6 nitrogen and oxygen atoms in total. The van der Waals surface area contributed by atoms with Gasteiger partial charge in [-0.25, -0.2) is 0 Å². The minimum atomic E-state index is -2.35. The van der Waals surface area contributed by atoms with E-state index in [0.717, 1.165) is 0 Å². The molecular weight excluding hydrogens is 214 g/mol. The van der Waals surface area contributed by atoms with E-state index in [1.54, 1.807) is 0 Å². The number of rotatable bonds is 3. The highest BCUT2D eigenvalue weighted by Crippen LogP contribution is 2.29. The molecule has 0 radical (unpaired) electrons. The van der Waals surface area contributed by atoms with Crippen LogP contribution in [-0.4, -0.2) is 51.9 Å². The summed E-state index contributed by atoms with van der Waals surface area (Å²) in [5, 5.41) is 31.2. The number of amides is 1. The lowest BCUT2D eigenvalue weighted by molar-refractivity contribution is -0.222. The van der Waals surface area contributed by atoms with Gasteiger partial charge in [0.1, 0.15) is 12.2 Å². The summed E-state index contributed by atoms with van der Waals surface area (Å²) >= 11 is 0. The molecule has 0 spiro atoms. The number of hydrogen-bond donors (Lipinski definition) is 4. The van der Waals surface area contributed by atoms with Crippen molar-refractivity contribution in [2.45, 2.75) is 44.9 Å². The molecule has 4 N–H and O–H groups in total. The Morgan fingerprint density at radius 3 is 2.44 bits per heavy atom. The Kier molecular flexibility index (Phi) is 3.90. The van der Waals surface area contributed by atoms with Crippen molar-refractivity contribution in [3.63, 3.8) is 0 Å². The predicted molar refractivity (Wildman–Crippen MR) is 55.4 cm³/mol. The summed E-state index contributed by atoms with van der Waals surface area (Å²) in [5.74, 6) is -2.96. The molecule has 0 aromatic heterocycles. The van der Waals surface area contributed by atoms with Gasteiger partial charge in [-0.05, 0) is 12.8 Å². The van der Waals surface area contributed by atoms with Crippen molar-refractivity contribution >= 4 is 5.91 Å². The summed E-state index contributed by atoms with van der Waals surface area (Å²) in [6.07, 6.45) is -3.69. The first-order chi connectivity index (χ1) is 7.29. The zero-order chi connectivity index (χ0) is 12.5. The lowest BCUT2D eigenvalue weighted by Gasteiger charge is -2.24. The smallest absolute Gasteiger partial charge is 0.283 e. The van der Waals surface area contributed by atoms with Crippen molar-refractivity contribution in [2.75, 3.05) is 6.54 Å². The molecule has 1 fully saturated rings. The third-order valence-corrected chi connectivity index (χ3v) is 2.57. The molecule has 0 aromatic rings. The van der Waals surface area contributed by atoms with Crippen LogP contribution in [0.25, 0.3) is 0 Å². The molecule has 6 heteroatoms. The number of hydrogen-bond acceptors (Lipinski definition) is 5. The van der Waals surface area contributed by atoms with Crippen molar-refractivity contribution < 1.29 is 24.9 Å². The highest BCUT2D eigenvalue weighted by molar-refractivity contribution is 5.84. The zero-order valence-corrected chi connectivity index (χ0v) is 9.67. The number of carbonyl (C=O) groups is 1. The Morgan fingerprint density at radius 1 is 1.50 bits per heavy atom. The standard InChI is InChI=1S/C10H19NO5/c1-5(2)4-11-9(14)10(15)8(13)7(12)6(3)16-10/h5-8,12-13,15H,4H2,1-3H3,(H,11,14)/t6-,7+,8-,10-/m1/s1. The quantitative estimate of drug-likeness (QED) is 0.480. The SMILES string of the molecule is CC(C)CNC(=O)[C@]1(O)O[C@H](C)[C@H](O)[C@H]1O. The van der Waals surface area contributed by atoms with Crippen LogP contribution in [0.4, 0.5) is 0 Å². The molecule has 0 bridgehead atoms. The normalized spacial score (nSPS) is 39.1. The van der Waals surface area contributed by atoms with E-state index >= 15 is 0 Å². The largest absolute Gasteiger partial charge is 0.387 e. The van der Waals surface area contributed by atoms with Gasteiger partial charge in [0.15, 0.2) is 0 Å². The van der Waals surface area contributed by atoms with Crippen molar-refractivity contribution in [1.82, 2.24) is 5.32 Å². The number of aliphatic hydroxyl groups is 3. The van der Waals surface area contributed by atoms with Crippen molar-refractivity contribution in [1.29, 1.82) is 0 Å². The van der Waals surface area contributed by atoms with Crippen LogP contribution in [0.2, 0.25) is 0 Å². The monoisotopic (exact) mass is 233 g/mol. The topological polar surface area (TPSA) is 99.0 Å². The minimum absolute atomic E-state index is 0.216. The third kappa shape index (κ3) is 2.35. The lowest BCUT2D eigenvalue weighted by Crippen LogP contribution is -2.55. The van der Waals surface area contributed by atoms with Crippen LogP contribution in [0, 0.1) is 5.92 Å².